The minimum Gasteiger partial charge on any atom is -0.462 e. The van der Waals surface area contributed by atoms with Crippen LogP contribution in [0.4, 0.5) is 0 Å². The molecule has 0 aromatic rings. The van der Waals surface area contributed by atoms with Crippen molar-refractivity contribution in [3.63, 3.8) is 0 Å². The van der Waals surface area contributed by atoms with Crippen LogP contribution in [0, 0.1) is 0 Å². The first-order chi connectivity index (χ1) is 36.6. The van der Waals surface area contributed by atoms with Gasteiger partial charge in [0.15, 0.2) is 6.10 Å². The largest absolute Gasteiger partial charge is 0.462 e. The molecule has 0 spiro atoms. The number of aliphatic hydroxyl groups excluding tert-OH is 1. The van der Waals surface area contributed by atoms with Crippen LogP contribution < -0.4 is 0 Å². The van der Waals surface area contributed by atoms with Crippen LogP contribution >= 0.6 is 0 Å². The number of rotatable bonds is 64. The topological polar surface area (TPSA) is 72.8 Å². The first kappa shape index (κ1) is 72.4. The Hall–Kier alpha value is -1.62. The Bertz CT molecular complexity index is 1130. The number of carbonyl (C=O) groups excluding carboxylic acids is 2. The Kier molecular flexibility index (Phi) is 64.2. The van der Waals surface area contributed by atoms with E-state index in [0.717, 1.165) is 38.5 Å². The number of hydrogen-bond donors (Lipinski definition) is 1. The first-order valence-corrected chi connectivity index (χ1v) is 33.9. The summed E-state index contributed by atoms with van der Waals surface area (Å²) < 4.78 is 10.8. The maximum absolute atomic E-state index is 12.4. The molecule has 0 radical (unpaired) electrons. The molecule has 1 unspecified atom stereocenters. The Morgan fingerprint density at radius 2 is 0.541 bits per heavy atom. The summed E-state index contributed by atoms with van der Waals surface area (Å²) in [4.78, 5) is 24.6. The molecule has 0 fully saturated rings. The van der Waals surface area contributed by atoms with Gasteiger partial charge in [0.2, 0.25) is 0 Å². The molecule has 0 aliphatic heterocycles. The lowest BCUT2D eigenvalue weighted by molar-refractivity contribution is -0.161. The summed E-state index contributed by atoms with van der Waals surface area (Å²) in [5.41, 5.74) is 0. The van der Waals surface area contributed by atoms with E-state index in [1.807, 2.05) is 0 Å². The van der Waals surface area contributed by atoms with E-state index < -0.39 is 6.10 Å². The fourth-order valence-electron chi connectivity index (χ4n) is 10.7. The van der Waals surface area contributed by atoms with Crippen LogP contribution in [-0.2, 0) is 19.1 Å². The van der Waals surface area contributed by atoms with Gasteiger partial charge < -0.3 is 14.6 Å². The average molecular weight is 1040 g/mol. The Morgan fingerprint density at radius 3 is 0.797 bits per heavy atom. The van der Waals surface area contributed by atoms with Crippen molar-refractivity contribution in [3.05, 3.63) is 24.3 Å². The van der Waals surface area contributed by atoms with Gasteiger partial charge in [0.1, 0.15) is 6.61 Å². The third-order valence-electron chi connectivity index (χ3n) is 15.7. The molecule has 5 nitrogen and oxygen atoms in total. The van der Waals surface area contributed by atoms with Crippen molar-refractivity contribution in [1.29, 1.82) is 0 Å². The van der Waals surface area contributed by atoms with Crippen LogP contribution in [-0.4, -0.2) is 36.4 Å². The van der Waals surface area contributed by atoms with E-state index in [0.29, 0.717) is 12.8 Å². The van der Waals surface area contributed by atoms with Crippen molar-refractivity contribution in [2.45, 2.75) is 392 Å². The number of carbonyl (C=O) groups is 2. The Morgan fingerprint density at radius 1 is 0.311 bits per heavy atom. The highest BCUT2D eigenvalue weighted by Gasteiger charge is 2.16. The van der Waals surface area contributed by atoms with Crippen LogP contribution in [0.25, 0.3) is 0 Å². The van der Waals surface area contributed by atoms with E-state index in [1.165, 1.54) is 321 Å². The van der Waals surface area contributed by atoms with Crippen LogP contribution in [0.2, 0.25) is 0 Å². The molecule has 74 heavy (non-hydrogen) atoms. The van der Waals surface area contributed by atoms with Crippen LogP contribution in [0.5, 0.6) is 0 Å². The molecule has 5 heteroatoms. The summed E-state index contributed by atoms with van der Waals surface area (Å²) in [6.07, 6.45) is 85.0. The molecule has 0 bridgehead atoms. The summed E-state index contributed by atoms with van der Waals surface area (Å²) in [6.45, 7) is 4.20. The number of ether oxygens (including phenoxy) is 2. The van der Waals surface area contributed by atoms with Gasteiger partial charge in [0.05, 0.1) is 6.61 Å². The quantitative estimate of drug-likeness (QED) is 0.0373. The smallest absolute Gasteiger partial charge is 0.306 e. The second kappa shape index (κ2) is 65.7. The second-order valence-electron chi connectivity index (χ2n) is 23.3. The summed E-state index contributed by atoms with van der Waals surface area (Å²) in [5.74, 6) is -0.563. The fraction of sp³-hybridized carbons (Fsp3) is 0.913. The van der Waals surface area contributed by atoms with E-state index in [9.17, 15) is 14.7 Å². The van der Waals surface area contributed by atoms with Crippen molar-refractivity contribution in [2.75, 3.05) is 13.2 Å². The molecular formula is C69H132O5. The minimum atomic E-state index is -0.767. The van der Waals surface area contributed by atoms with Gasteiger partial charge in [-0.2, -0.15) is 0 Å². The molecule has 0 amide bonds. The van der Waals surface area contributed by atoms with Gasteiger partial charge in [-0.1, -0.05) is 353 Å². The molecule has 0 aromatic heterocycles. The van der Waals surface area contributed by atoms with Crippen molar-refractivity contribution in [1.82, 2.24) is 0 Å². The molecule has 0 aliphatic rings. The van der Waals surface area contributed by atoms with Gasteiger partial charge in [-0.25, -0.2) is 0 Å². The zero-order valence-electron chi connectivity index (χ0n) is 50.4. The van der Waals surface area contributed by atoms with Gasteiger partial charge >= 0.3 is 11.9 Å². The van der Waals surface area contributed by atoms with Crippen molar-refractivity contribution in [2.24, 2.45) is 0 Å². The lowest BCUT2D eigenvalue weighted by Crippen LogP contribution is -2.28. The molecule has 0 heterocycles. The monoisotopic (exact) mass is 1040 g/mol. The second-order valence-corrected chi connectivity index (χ2v) is 23.3. The molecule has 438 valence electrons. The lowest BCUT2D eigenvalue weighted by atomic mass is 10.0. The van der Waals surface area contributed by atoms with Crippen LogP contribution in [0.1, 0.15) is 386 Å². The number of allylic oxidation sites excluding steroid dienone is 4. The molecule has 0 saturated heterocycles. The third kappa shape index (κ3) is 62.9. The van der Waals surface area contributed by atoms with Crippen molar-refractivity contribution >= 4 is 11.9 Å². The zero-order valence-corrected chi connectivity index (χ0v) is 50.4. The number of esters is 2. The van der Waals surface area contributed by atoms with Crippen molar-refractivity contribution < 1.29 is 24.2 Å². The van der Waals surface area contributed by atoms with E-state index >= 15 is 0 Å². The number of hydrogen-bond acceptors (Lipinski definition) is 5. The van der Waals surface area contributed by atoms with Gasteiger partial charge in [-0.15, -0.1) is 0 Å². The number of aliphatic hydroxyl groups is 1. The van der Waals surface area contributed by atoms with Gasteiger partial charge in [0.25, 0.3) is 0 Å². The molecule has 1 N–H and O–H groups in total. The summed E-state index contributed by atoms with van der Waals surface area (Å²) >= 11 is 0. The van der Waals surface area contributed by atoms with E-state index in [4.69, 9.17) is 9.47 Å². The summed E-state index contributed by atoms with van der Waals surface area (Å²) in [7, 11) is 0. The number of unbranched alkanes of at least 4 members (excludes halogenated alkanes) is 52. The van der Waals surface area contributed by atoms with Gasteiger partial charge in [-0.05, 0) is 44.9 Å². The Labute approximate surface area is 464 Å². The highest BCUT2D eigenvalue weighted by atomic mass is 16.6. The highest BCUT2D eigenvalue weighted by molar-refractivity contribution is 5.70. The minimum absolute atomic E-state index is 0.0573. The van der Waals surface area contributed by atoms with Gasteiger partial charge in [-0.3, -0.25) is 9.59 Å². The van der Waals surface area contributed by atoms with Gasteiger partial charge in [0, 0.05) is 12.8 Å². The standard InChI is InChI=1S/C69H132O5/c1-3-5-7-9-11-13-15-17-19-21-23-25-27-29-30-31-32-33-34-35-36-37-38-40-42-44-46-48-50-52-54-56-58-60-62-64-69(72)74-67(65-70)66-73-68(71)63-61-59-57-55-53-51-49-47-45-43-41-39-28-26-24-22-20-18-16-14-12-10-8-6-4-2/h15,17,21,23,67,70H,3-14,16,18-20,22,24-66H2,1-2H3/b17-15-,23-21-. The average Bonchev–Trinajstić information content (AvgIpc) is 3.40. The van der Waals surface area contributed by atoms with E-state index in [1.54, 1.807) is 0 Å². The SMILES string of the molecule is CCCCCCC/C=C\C/C=C\CCCCCCCCCCCCCCCCCCCCCCCCCC(=O)OC(CO)COC(=O)CCCCCCCCCCCCCCCCCCCCCCCCCCC. The molecule has 0 aliphatic carbocycles. The van der Waals surface area contributed by atoms with E-state index in [2.05, 4.69) is 38.2 Å². The zero-order chi connectivity index (χ0) is 53.4. The molecule has 0 saturated carbocycles. The van der Waals surface area contributed by atoms with Crippen LogP contribution in [0.15, 0.2) is 24.3 Å². The highest BCUT2D eigenvalue weighted by Crippen LogP contribution is 2.19. The Balaban J connectivity index is 3.37. The normalized spacial score (nSPS) is 12.2. The summed E-state index contributed by atoms with van der Waals surface area (Å²) in [6, 6.07) is 0. The summed E-state index contributed by atoms with van der Waals surface area (Å²) in [5, 5.41) is 9.69. The third-order valence-corrected chi connectivity index (χ3v) is 15.7. The van der Waals surface area contributed by atoms with E-state index in [-0.39, 0.29) is 25.2 Å². The first-order valence-electron chi connectivity index (χ1n) is 33.9. The van der Waals surface area contributed by atoms with Crippen molar-refractivity contribution in [3.8, 4) is 0 Å². The maximum Gasteiger partial charge on any atom is 0.306 e. The predicted octanol–water partition coefficient (Wildman–Crippen LogP) is 23.2. The molecule has 0 rings (SSSR count). The fourth-order valence-corrected chi connectivity index (χ4v) is 10.7. The maximum atomic E-state index is 12.4. The lowest BCUT2D eigenvalue weighted by Gasteiger charge is -2.15. The molecule has 1 atom stereocenters. The van der Waals surface area contributed by atoms with Crippen LogP contribution in [0.3, 0.4) is 0 Å². The molecule has 0 aromatic carbocycles. The molecular weight excluding hydrogens is 909 g/mol. The predicted molar refractivity (Wildman–Crippen MR) is 325 cm³/mol.